The summed E-state index contributed by atoms with van der Waals surface area (Å²) in [6.07, 6.45) is -12.1. The topological polar surface area (TPSA) is 898 Å². The zero-order chi connectivity index (χ0) is 110. The number of benzene rings is 1. The Morgan fingerprint density at radius 1 is 0.294 bits per heavy atom. The van der Waals surface area contributed by atoms with Gasteiger partial charge in [0.1, 0.15) is 102 Å². The highest BCUT2D eigenvalue weighted by atomic mass is 16.4. The van der Waals surface area contributed by atoms with Gasteiger partial charge in [0.2, 0.25) is 124 Å². The first-order valence-electron chi connectivity index (χ1n) is 46.1. The number of carbonyl (C=O) groups excluding carboxylic acids is 21. The van der Waals surface area contributed by atoms with Crippen molar-refractivity contribution in [2.45, 2.75) is 322 Å². The van der Waals surface area contributed by atoms with Crippen molar-refractivity contribution in [3.63, 3.8) is 0 Å². The number of hydrogen-bond donors (Lipinski definition) is 31. The smallest absolute Gasteiger partial charge is 0.328 e. The lowest BCUT2D eigenvalue weighted by molar-refractivity contribution is -0.145. The Hall–Kier alpha value is -13.9. The zero-order valence-electron chi connectivity index (χ0n) is 82.9. The number of nitrogens with two attached hydrogens (primary N) is 3. The molecule has 0 saturated heterocycles. The summed E-state index contributed by atoms with van der Waals surface area (Å²) in [5.74, 6) is -31.0. The molecule has 804 valence electrons. The number of amides is 21. The fourth-order valence-corrected chi connectivity index (χ4v) is 13.4. The number of aliphatic hydroxyl groups excluding tert-OH is 5. The lowest BCUT2D eigenvalue weighted by atomic mass is 9.97. The SMILES string of the molecule is CC(C)C[C@H](NC(=O)CNC(=O)[C@H](CCC(=O)O)NC(=O)CNC(=O)[C@H](CCC(N)=O)NC(=O)[C@H](CC(C)C)NC(=O)[C@H](CC(=O)O)NC(=O)[C@H](C)NC(=O)[C@H](C)NC(=O)[C@H](CCC(N)=O)NC(=O)[C@@H](NC(=O)[C@@H](NC(=O)[C@H](CC(C)C)NC(=O)[C@@H](NC(=O)[C@@H](N)Cc1ccc(O)cc1)[C@@H](C)O)C(C)C)C(C)C)C(=O)N[C@@H](CO)C(=O)N[C@H](C(=O)N[C@H](C(=O)N[C@@H](C)C(=O)N[C@H](C(=O)O)[C@@H](C)O)[C@@H](C)O)[C@@H](C)O. The van der Waals surface area contributed by atoms with E-state index in [2.05, 4.69) is 95.7 Å². The number of nitrogens with one attached hydrogen (secondary N) is 19. The van der Waals surface area contributed by atoms with Crippen LogP contribution in [0.15, 0.2) is 24.3 Å². The third-order valence-corrected chi connectivity index (χ3v) is 21.3. The lowest BCUT2D eigenvalue weighted by Crippen LogP contribution is -2.63. The van der Waals surface area contributed by atoms with Gasteiger partial charge in [0.15, 0.2) is 6.04 Å². The Balaban J connectivity index is 3.33. The maximum Gasteiger partial charge on any atom is 0.328 e. The number of rotatable bonds is 65. The van der Waals surface area contributed by atoms with Crippen LogP contribution in [0.3, 0.4) is 0 Å². The summed E-state index contributed by atoms with van der Waals surface area (Å²) in [5, 5.41) is 133. The van der Waals surface area contributed by atoms with Gasteiger partial charge in [0, 0.05) is 19.3 Å². The maximum absolute atomic E-state index is 14.2. The Morgan fingerprint density at radius 2 is 0.566 bits per heavy atom. The standard InChI is InChI=1S/C88H144N22O33/c1-36(2)28-54(78(132)104-58(35-111)82(136)108-69(46(16)114)87(141)109-67(44(14)112)85(139)96-43(13)73(127)110-70(47(17)115)88(142)143)98-62(120)34-92-75(129)51(24-27-63(121)122)97-61(119)33-93-76(130)52(22-25-59(90)117)99-79(133)55(29-37(3)4)102-80(134)57(32-64(123)124)101-72(126)42(12)94-71(125)41(11)95-77(131)53(23-26-60(91)118)100-83(137)65(39(7)8)106-84(138)66(40(9)10)105-81(135)56(30-38(5)6)103-86(140)68(45(15)113)107-74(128)50(89)31-48-18-20-49(116)21-19-48/h18-21,36-47,50-58,65-70,111-116H,22-35,89H2,1-17H3,(H2,90,117)(H2,91,118)(H,92,129)(H,93,130)(H,94,125)(H,95,131)(H,96,139)(H,97,119)(H,98,120)(H,99,133)(H,100,137)(H,101,126)(H,102,134)(H,103,140)(H,104,132)(H,105,135)(H,106,138)(H,107,128)(H,108,136)(H,109,141)(H,110,127)(H,121,122)(H,123,124)(H,142,143)/t41-,42-,43-,44+,45+,46+,47+,50-,51-,52-,53-,54-,55-,56-,57-,58-,65-,66-,67-,68-,69-,70-/m0/s1. The van der Waals surface area contributed by atoms with Crippen molar-refractivity contribution in [3.05, 3.63) is 29.8 Å². The van der Waals surface area contributed by atoms with Crippen molar-refractivity contribution in [3.8, 4) is 5.75 Å². The summed E-state index contributed by atoms with van der Waals surface area (Å²) < 4.78 is 0. The number of carboxylic acids is 3. The zero-order valence-corrected chi connectivity index (χ0v) is 82.9. The number of aromatic hydroxyl groups is 1. The van der Waals surface area contributed by atoms with E-state index in [1.807, 2.05) is 5.32 Å². The van der Waals surface area contributed by atoms with Crippen molar-refractivity contribution in [1.82, 2.24) is 101 Å². The van der Waals surface area contributed by atoms with E-state index in [1.54, 1.807) is 55.4 Å². The molecule has 0 saturated carbocycles. The largest absolute Gasteiger partial charge is 0.508 e. The van der Waals surface area contributed by atoms with Crippen LogP contribution in [0, 0.1) is 29.6 Å². The number of carboxylic acid groups (broad SMARTS) is 3. The molecule has 1 aromatic rings. The van der Waals surface area contributed by atoms with E-state index < -0.39 is 363 Å². The molecule has 0 aromatic heterocycles. The second-order valence-electron chi connectivity index (χ2n) is 36.5. The first kappa shape index (κ1) is 127. The van der Waals surface area contributed by atoms with Crippen molar-refractivity contribution in [2.24, 2.45) is 46.8 Å². The van der Waals surface area contributed by atoms with Crippen LogP contribution in [-0.4, -0.2) is 341 Å². The van der Waals surface area contributed by atoms with E-state index in [0.717, 1.165) is 41.5 Å². The molecule has 0 spiro atoms. The number of primary amides is 2. The van der Waals surface area contributed by atoms with E-state index in [1.165, 1.54) is 45.0 Å². The van der Waals surface area contributed by atoms with Gasteiger partial charge in [-0.05, 0) is 141 Å². The molecule has 0 bridgehead atoms. The molecule has 55 heteroatoms. The fourth-order valence-electron chi connectivity index (χ4n) is 13.4. The van der Waals surface area contributed by atoms with Crippen LogP contribution >= 0.6 is 0 Å². The number of phenolic OH excluding ortho intramolecular Hbond substituents is 1. The highest BCUT2D eigenvalue weighted by molar-refractivity contribution is 6.03. The average molecular weight is 2040 g/mol. The Labute approximate surface area is 824 Å². The second-order valence-corrected chi connectivity index (χ2v) is 36.5. The van der Waals surface area contributed by atoms with E-state index >= 15 is 0 Å². The molecular weight excluding hydrogens is 1890 g/mol. The van der Waals surface area contributed by atoms with Gasteiger partial charge in [0.25, 0.3) is 0 Å². The molecule has 0 fully saturated rings. The van der Waals surface area contributed by atoms with Gasteiger partial charge in [-0.2, -0.15) is 0 Å². The Kier molecular flexibility index (Phi) is 55.4. The molecule has 143 heavy (non-hydrogen) atoms. The summed E-state index contributed by atoms with van der Waals surface area (Å²) in [7, 11) is 0. The number of carbonyl (C=O) groups is 24. The molecule has 1 aromatic carbocycles. The minimum absolute atomic E-state index is 0.0208. The summed E-state index contributed by atoms with van der Waals surface area (Å²) in [4.78, 5) is 320. The number of aliphatic carboxylic acids is 3. The van der Waals surface area contributed by atoms with Gasteiger partial charge in [-0.15, -0.1) is 0 Å². The molecule has 21 amide bonds. The molecule has 22 atom stereocenters. The molecule has 0 aliphatic rings. The first-order chi connectivity index (χ1) is 66.3. The van der Waals surface area contributed by atoms with Crippen molar-refractivity contribution < 1.29 is 161 Å². The molecule has 0 aliphatic carbocycles. The van der Waals surface area contributed by atoms with E-state index in [4.69, 9.17) is 17.2 Å². The minimum atomic E-state index is -2.05. The van der Waals surface area contributed by atoms with Gasteiger partial charge in [0.05, 0.1) is 56.6 Å². The van der Waals surface area contributed by atoms with E-state index in [-0.39, 0.29) is 37.4 Å². The Bertz CT molecular complexity index is 4590. The molecule has 0 radical (unpaired) electrons. The lowest BCUT2D eigenvalue weighted by Gasteiger charge is -2.30. The maximum atomic E-state index is 14.2. The highest BCUT2D eigenvalue weighted by Crippen LogP contribution is 2.17. The molecule has 0 aliphatic heterocycles. The van der Waals surface area contributed by atoms with Gasteiger partial charge < -0.3 is 164 Å². The van der Waals surface area contributed by atoms with Crippen LogP contribution in [0.2, 0.25) is 0 Å². The predicted molar refractivity (Wildman–Crippen MR) is 501 cm³/mol. The summed E-state index contributed by atoms with van der Waals surface area (Å²) in [5.41, 5.74) is 17.5. The van der Waals surface area contributed by atoms with Gasteiger partial charge in [-0.3, -0.25) is 110 Å². The van der Waals surface area contributed by atoms with Crippen LogP contribution in [0.1, 0.15) is 187 Å². The van der Waals surface area contributed by atoms with Crippen LogP contribution in [0.5, 0.6) is 5.75 Å². The Morgan fingerprint density at radius 3 is 0.972 bits per heavy atom. The van der Waals surface area contributed by atoms with Gasteiger partial charge in [-0.25, -0.2) is 4.79 Å². The highest BCUT2D eigenvalue weighted by Gasteiger charge is 2.42. The van der Waals surface area contributed by atoms with Crippen LogP contribution in [0.4, 0.5) is 0 Å². The quantitative estimate of drug-likeness (QED) is 0.0288. The minimum Gasteiger partial charge on any atom is -0.508 e. The third kappa shape index (κ3) is 47.5. The molecule has 55 nitrogen and oxygen atoms in total. The van der Waals surface area contributed by atoms with Crippen LogP contribution in [-0.2, 0) is 121 Å². The summed E-state index contributed by atoms with van der Waals surface area (Å²) in [6, 6.07) is -24.4. The fraction of sp³-hybridized carbons (Fsp3) is 0.659. The number of hydrogen-bond acceptors (Lipinski definition) is 31. The molecule has 0 unspecified atom stereocenters. The monoisotopic (exact) mass is 2040 g/mol. The summed E-state index contributed by atoms with van der Waals surface area (Å²) >= 11 is 0. The first-order valence-corrected chi connectivity index (χ1v) is 46.1. The van der Waals surface area contributed by atoms with E-state index in [9.17, 15) is 161 Å². The van der Waals surface area contributed by atoms with Crippen LogP contribution < -0.4 is 118 Å². The molecule has 34 N–H and O–H groups in total. The van der Waals surface area contributed by atoms with Crippen molar-refractivity contribution >= 4 is 142 Å². The van der Waals surface area contributed by atoms with Crippen molar-refractivity contribution in [1.29, 1.82) is 0 Å². The molecule has 0 heterocycles. The predicted octanol–water partition coefficient (Wildman–Crippen LogP) is -11.3. The second kappa shape index (κ2) is 62.4. The molecule has 1 rings (SSSR count). The number of aliphatic hydroxyl groups is 5. The third-order valence-electron chi connectivity index (χ3n) is 21.3. The normalized spacial score (nSPS) is 15.9. The van der Waals surface area contributed by atoms with Gasteiger partial charge >= 0.3 is 17.9 Å². The van der Waals surface area contributed by atoms with Crippen LogP contribution in [0.25, 0.3) is 0 Å². The number of phenols is 1. The molecular formula is C88H144N22O33. The van der Waals surface area contributed by atoms with E-state index in [0.29, 0.717) is 5.56 Å². The average Bonchev–Trinajstić information content (AvgIpc) is 0.848. The van der Waals surface area contributed by atoms with Crippen molar-refractivity contribution in [2.75, 3.05) is 19.7 Å². The van der Waals surface area contributed by atoms with Gasteiger partial charge in [-0.1, -0.05) is 81.4 Å². The summed E-state index contributed by atoms with van der Waals surface area (Å²) in [6.45, 7) is 20.2.